The highest BCUT2D eigenvalue weighted by atomic mass is 32.2. The summed E-state index contributed by atoms with van der Waals surface area (Å²) in [5.74, 6) is 0.921. The molecule has 1 N–H and O–H groups in total. The average Bonchev–Trinajstić information content (AvgIpc) is 2.56. The SMILES string of the molecule is C[C@H](NC(=O)[C@@H](C)Cc1ccccc1F)C(=O)N1CCSCC1. The molecule has 1 saturated heterocycles. The minimum Gasteiger partial charge on any atom is -0.344 e. The predicted octanol–water partition coefficient (Wildman–Crippen LogP) is 2.08. The Kier molecular flexibility index (Phi) is 6.45. The number of hydrogen-bond acceptors (Lipinski definition) is 3. The maximum atomic E-state index is 13.7. The molecule has 0 unspecified atom stereocenters. The van der Waals surface area contributed by atoms with Crippen LogP contribution in [0.2, 0.25) is 0 Å². The first-order valence-corrected chi connectivity index (χ1v) is 9.05. The molecule has 1 fully saturated rings. The van der Waals surface area contributed by atoms with Crippen molar-refractivity contribution in [3.63, 3.8) is 0 Å². The van der Waals surface area contributed by atoms with Crippen molar-refractivity contribution in [3.05, 3.63) is 35.6 Å². The second kappa shape index (κ2) is 8.34. The van der Waals surface area contributed by atoms with E-state index in [-0.39, 0.29) is 23.5 Å². The number of carbonyl (C=O) groups is 2. The monoisotopic (exact) mass is 338 g/mol. The summed E-state index contributed by atoms with van der Waals surface area (Å²) in [6, 6.07) is 5.90. The fourth-order valence-electron chi connectivity index (χ4n) is 2.56. The first kappa shape index (κ1) is 17.8. The molecule has 4 nitrogen and oxygen atoms in total. The average molecular weight is 338 g/mol. The molecule has 1 aromatic rings. The molecular formula is C17H23FN2O2S. The zero-order chi connectivity index (χ0) is 16.8. The molecule has 0 spiro atoms. The first-order valence-electron chi connectivity index (χ1n) is 7.89. The van der Waals surface area contributed by atoms with E-state index in [0.29, 0.717) is 12.0 Å². The van der Waals surface area contributed by atoms with Gasteiger partial charge in [-0.15, -0.1) is 0 Å². The Hall–Kier alpha value is -1.56. The van der Waals surface area contributed by atoms with Gasteiger partial charge in [0.05, 0.1) is 0 Å². The van der Waals surface area contributed by atoms with Crippen molar-refractivity contribution in [1.29, 1.82) is 0 Å². The van der Waals surface area contributed by atoms with Crippen LogP contribution in [0.25, 0.3) is 0 Å². The van der Waals surface area contributed by atoms with Crippen LogP contribution < -0.4 is 5.32 Å². The Bertz CT molecular complexity index is 561. The Morgan fingerprint density at radius 3 is 2.57 bits per heavy atom. The predicted molar refractivity (Wildman–Crippen MR) is 90.8 cm³/mol. The molecule has 0 aromatic heterocycles. The lowest BCUT2D eigenvalue weighted by atomic mass is 9.99. The van der Waals surface area contributed by atoms with Crippen molar-refractivity contribution in [2.75, 3.05) is 24.6 Å². The van der Waals surface area contributed by atoms with Crippen molar-refractivity contribution in [1.82, 2.24) is 10.2 Å². The topological polar surface area (TPSA) is 49.4 Å². The van der Waals surface area contributed by atoms with Gasteiger partial charge in [0, 0.05) is 30.5 Å². The minimum atomic E-state index is -0.548. The highest BCUT2D eigenvalue weighted by Gasteiger charge is 2.25. The van der Waals surface area contributed by atoms with E-state index in [4.69, 9.17) is 0 Å². The molecule has 6 heteroatoms. The van der Waals surface area contributed by atoms with E-state index in [1.807, 2.05) is 11.8 Å². The normalized spacial score (nSPS) is 17.4. The molecule has 0 radical (unpaired) electrons. The molecule has 23 heavy (non-hydrogen) atoms. The summed E-state index contributed by atoms with van der Waals surface area (Å²) in [5.41, 5.74) is 0.516. The molecule has 1 heterocycles. The molecule has 0 saturated carbocycles. The van der Waals surface area contributed by atoms with E-state index in [1.54, 1.807) is 36.9 Å². The zero-order valence-electron chi connectivity index (χ0n) is 13.5. The van der Waals surface area contributed by atoms with Crippen LogP contribution >= 0.6 is 11.8 Å². The Labute approximate surface area is 140 Å². The Balaban J connectivity index is 1.87. The highest BCUT2D eigenvalue weighted by Crippen LogP contribution is 2.14. The fourth-order valence-corrected chi connectivity index (χ4v) is 3.46. The lowest BCUT2D eigenvalue weighted by Crippen LogP contribution is -2.50. The summed E-state index contributed by atoms with van der Waals surface area (Å²) in [6.07, 6.45) is 0.319. The van der Waals surface area contributed by atoms with E-state index in [2.05, 4.69) is 5.32 Å². The van der Waals surface area contributed by atoms with Gasteiger partial charge in [0.15, 0.2) is 0 Å². The second-order valence-electron chi connectivity index (χ2n) is 5.86. The van der Waals surface area contributed by atoms with Gasteiger partial charge in [-0.05, 0) is 25.0 Å². The van der Waals surface area contributed by atoms with Crippen LogP contribution in [-0.4, -0.2) is 47.4 Å². The molecule has 2 rings (SSSR count). The third-order valence-corrected chi connectivity index (χ3v) is 4.93. The van der Waals surface area contributed by atoms with Gasteiger partial charge in [-0.3, -0.25) is 9.59 Å². The number of benzene rings is 1. The van der Waals surface area contributed by atoms with Gasteiger partial charge in [-0.1, -0.05) is 25.1 Å². The summed E-state index contributed by atoms with van der Waals surface area (Å²) in [6.45, 7) is 4.91. The van der Waals surface area contributed by atoms with Crippen LogP contribution in [0.5, 0.6) is 0 Å². The smallest absolute Gasteiger partial charge is 0.244 e. The van der Waals surface area contributed by atoms with Crippen LogP contribution in [0.3, 0.4) is 0 Å². The number of halogens is 1. The number of thioether (sulfide) groups is 1. The second-order valence-corrected chi connectivity index (χ2v) is 7.09. The lowest BCUT2D eigenvalue weighted by molar-refractivity contribution is -0.136. The Morgan fingerprint density at radius 2 is 1.91 bits per heavy atom. The molecule has 1 aliphatic heterocycles. The van der Waals surface area contributed by atoms with E-state index in [9.17, 15) is 14.0 Å². The summed E-state index contributed by atoms with van der Waals surface area (Å²) >= 11 is 1.83. The van der Waals surface area contributed by atoms with Crippen LogP contribution in [0.1, 0.15) is 19.4 Å². The number of nitrogens with zero attached hydrogens (tertiary/aromatic N) is 1. The number of carbonyl (C=O) groups excluding carboxylic acids is 2. The summed E-state index contributed by atoms with van der Waals surface area (Å²) in [4.78, 5) is 26.4. The third kappa shape index (κ3) is 4.96. The van der Waals surface area contributed by atoms with Crippen molar-refractivity contribution in [3.8, 4) is 0 Å². The number of hydrogen-bond donors (Lipinski definition) is 1. The van der Waals surface area contributed by atoms with E-state index < -0.39 is 6.04 Å². The third-order valence-electron chi connectivity index (χ3n) is 3.98. The van der Waals surface area contributed by atoms with Crippen LogP contribution in [-0.2, 0) is 16.0 Å². The van der Waals surface area contributed by atoms with E-state index in [0.717, 1.165) is 24.6 Å². The van der Waals surface area contributed by atoms with Crippen molar-refractivity contribution in [2.45, 2.75) is 26.3 Å². The van der Waals surface area contributed by atoms with Crippen LogP contribution in [0, 0.1) is 11.7 Å². The molecule has 1 aliphatic rings. The minimum absolute atomic E-state index is 0.0447. The summed E-state index contributed by atoms with van der Waals surface area (Å²) in [7, 11) is 0. The van der Waals surface area contributed by atoms with Gasteiger partial charge in [-0.25, -0.2) is 4.39 Å². The largest absolute Gasteiger partial charge is 0.344 e. The maximum absolute atomic E-state index is 13.7. The zero-order valence-corrected chi connectivity index (χ0v) is 14.4. The van der Waals surface area contributed by atoms with Crippen molar-refractivity contribution < 1.29 is 14.0 Å². The maximum Gasteiger partial charge on any atom is 0.244 e. The van der Waals surface area contributed by atoms with Gasteiger partial charge < -0.3 is 10.2 Å². The van der Waals surface area contributed by atoms with E-state index in [1.165, 1.54) is 6.07 Å². The molecule has 2 amide bonds. The standard InChI is InChI=1S/C17H23FN2O2S/c1-12(11-14-5-3-4-6-15(14)18)16(21)19-13(2)17(22)20-7-9-23-10-8-20/h3-6,12-13H,7-11H2,1-2H3,(H,19,21)/t12-,13-/m0/s1. The van der Waals surface area contributed by atoms with Crippen LogP contribution in [0.15, 0.2) is 24.3 Å². The first-order chi connectivity index (χ1) is 11.0. The van der Waals surface area contributed by atoms with Gasteiger partial charge in [0.25, 0.3) is 0 Å². The van der Waals surface area contributed by atoms with Crippen LogP contribution in [0.4, 0.5) is 4.39 Å². The molecule has 126 valence electrons. The molecule has 2 atom stereocenters. The fraction of sp³-hybridized carbons (Fsp3) is 0.529. The molecule has 1 aromatic carbocycles. The quantitative estimate of drug-likeness (QED) is 0.894. The Morgan fingerprint density at radius 1 is 1.26 bits per heavy atom. The number of amides is 2. The van der Waals surface area contributed by atoms with Gasteiger partial charge >= 0.3 is 0 Å². The molecular weight excluding hydrogens is 315 g/mol. The van der Waals surface area contributed by atoms with Crippen molar-refractivity contribution >= 4 is 23.6 Å². The van der Waals surface area contributed by atoms with Gasteiger partial charge in [0.1, 0.15) is 11.9 Å². The number of nitrogens with one attached hydrogen (secondary N) is 1. The molecule has 0 bridgehead atoms. The van der Waals surface area contributed by atoms with E-state index >= 15 is 0 Å². The van der Waals surface area contributed by atoms with Crippen molar-refractivity contribution in [2.24, 2.45) is 5.92 Å². The summed E-state index contributed by atoms with van der Waals surface area (Å²) < 4.78 is 13.7. The summed E-state index contributed by atoms with van der Waals surface area (Å²) in [5, 5.41) is 2.76. The van der Waals surface area contributed by atoms with Gasteiger partial charge in [0.2, 0.25) is 11.8 Å². The lowest BCUT2D eigenvalue weighted by Gasteiger charge is -2.29. The van der Waals surface area contributed by atoms with Gasteiger partial charge in [-0.2, -0.15) is 11.8 Å². The molecule has 0 aliphatic carbocycles. The number of rotatable bonds is 5. The highest BCUT2D eigenvalue weighted by molar-refractivity contribution is 7.99.